The van der Waals surface area contributed by atoms with Crippen LogP contribution < -0.4 is 10.6 Å². The van der Waals surface area contributed by atoms with Gasteiger partial charge in [0.05, 0.1) is 17.5 Å². The fraction of sp³-hybridized carbons (Fsp3) is 0.111. The van der Waals surface area contributed by atoms with Gasteiger partial charge >= 0.3 is 11.8 Å². The number of carbonyl (C=O) groups excluding carboxylic acids is 2. The van der Waals surface area contributed by atoms with Gasteiger partial charge in [-0.1, -0.05) is 12.1 Å². The summed E-state index contributed by atoms with van der Waals surface area (Å²) in [5.74, 6) is -1.07. The van der Waals surface area contributed by atoms with Gasteiger partial charge in [0.1, 0.15) is 17.9 Å². The Kier molecular flexibility index (Phi) is 5.10. The number of amides is 2. The van der Waals surface area contributed by atoms with Crippen molar-refractivity contribution in [2.24, 2.45) is 0 Å². The SMILES string of the molecule is N#Cc1ccccc1NC(=O)C(=O)NC[C@H](c1ccco1)n1cccn1. The summed E-state index contributed by atoms with van der Waals surface area (Å²) >= 11 is 0. The molecule has 8 heteroatoms. The molecule has 1 atom stereocenters. The summed E-state index contributed by atoms with van der Waals surface area (Å²) in [4.78, 5) is 24.2. The van der Waals surface area contributed by atoms with E-state index in [9.17, 15) is 9.59 Å². The minimum atomic E-state index is -0.855. The van der Waals surface area contributed by atoms with E-state index < -0.39 is 11.8 Å². The van der Waals surface area contributed by atoms with Gasteiger partial charge in [-0.2, -0.15) is 10.4 Å². The number of nitrogens with one attached hydrogen (secondary N) is 2. The number of furan rings is 1. The molecule has 0 aliphatic heterocycles. The Morgan fingerprint density at radius 3 is 2.73 bits per heavy atom. The smallest absolute Gasteiger partial charge is 0.313 e. The number of hydrogen-bond acceptors (Lipinski definition) is 5. The summed E-state index contributed by atoms with van der Waals surface area (Å²) in [6, 6.07) is 13.3. The lowest BCUT2D eigenvalue weighted by molar-refractivity contribution is -0.136. The molecule has 0 unspecified atom stereocenters. The fourth-order valence-electron chi connectivity index (χ4n) is 2.41. The maximum Gasteiger partial charge on any atom is 0.313 e. The number of nitriles is 1. The largest absolute Gasteiger partial charge is 0.467 e. The van der Waals surface area contributed by atoms with Crippen molar-refractivity contribution in [3.05, 3.63) is 72.4 Å². The normalized spacial score (nSPS) is 11.3. The summed E-state index contributed by atoms with van der Waals surface area (Å²) in [6.45, 7) is 0.112. The molecule has 0 fully saturated rings. The van der Waals surface area contributed by atoms with Crippen LogP contribution in [0.1, 0.15) is 17.4 Å². The van der Waals surface area contributed by atoms with Crippen LogP contribution in [-0.4, -0.2) is 28.1 Å². The van der Waals surface area contributed by atoms with Crippen molar-refractivity contribution >= 4 is 17.5 Å². The lowest BCUT2D eigenvalue weighted by Gasteiger charge is -2.16. The summed E-state index contributed by atoms with van der Waals surface area (Å²) in [7, 11) is 0. The Hall–Kier alpha value is -3.86. The predicted octanol–water partition coefficient (Wildman–Crippen LogP) is 1.69. The summed E-state index contributed by atoms with van der Waals surface area (Å²) in [5.41, 5.74) is 0.559. The third-order valence-corrected chi connectivity index (χ3v) is 3.67. The van der Waals surface area contributed by atoms with Gasteiger partial charge in [-0.05, 0) is 30.3 Å². The second-order valence-electron chi connectivity index (χ2n) is 5.34. The average molecular weight is 349 g/mol. The average Bonchev–Trinajstić information content (AvgIpc) is 3.36. The van der Waals surface area contributed by atoms with Crippen molar-refractivity contribution in [1.29, 1.82) is 5.26 Å². The fourth-order valence-corrected chi connectivity index (χ4v) is 2.41. The van der Waals surface area contributed by atoms with Crippen molar-refractivity contribution in [3.63, 3.8) is 0 Å². The summed E-state index contributed by atoms with van der Waals surface area (Å²) in [6.07, 6.45) is 4.88. The minimum absolute atomic E-state index is 0.112. The van der Waals surface area contributed by atoms with Gasteiger partial charge in [0.15, 0.2) is 0 Å². The molecule has 3 aromatic rings. The maximum absolute atomic E-state index is 12.1. The first-order valence-electron chi connectivity index (χ1n) is 7.80. The molecule has 26 heavy (non-hydrogen) atoms. The topological polar surface area (TPSA) is 113 Å². The molecule has 0 bridgehead atoms. The zero-order valence-corrected chi connectivity index (χ0v) is 13.6. The quantitative estimate of drug-likeness (QED) is 0.681. The third-order valence-electron chi connectivity index (χ3n) is 3.67. The van der Waals surface area contributed by atoms with Gasteiger partial charge in [-0.25, -0.2) is 0 Å². The van der Waals surface area contributed by atoms with Crippen LogP contribution in [0.2, 0.25) is 0 Å². The van der Waals surface area contributed by atoms with Gasteiger partial charge in [0.25, 0.3) is 0 Å². The van der Waals surface area contributed by atoms with Crippen LogP contribution in [0.15, 0.2) is 65.5 Å². The lowest BCUT2D eigenvalue weighted by atomic mass is 10.2. The molecule has 2 aromatic heterocycles. The van der Waals surface area contributed by atoms with Gasteiger partial charge in [-0.3, -0.25) is 14.3 Å². The molecule has 0 saturated carbocycles. The van der Waals surface area contributed by atoms with Crippen molar-refractivity contribution in [3.8, 4) is 6.07 Å². The van der Waals surface area contributed by atoms with E-state index >= 15 is 0 Å². The van der Waals surface area contributed by atoms with Crippen LogP contribution in [0.3, 0.4) is 0 Å². The molecule has 2 amide bonds. The standard InChI is InChI=1S/C18H15N5O3/c19-11-13-5-1-2-6-14(13)22-18(25)17(24)20-12-15(16-7-3-10-26-16)23-9-4-8-21-23/h1-10,15H,12H2,(H,20,24)(H,22,25)/t15-/m1/s1. The van der Waals surface area contributed by atoms with Crippen molar-refractivity contribution in [2.75, 3.05) is 11.9 Å². The van der Waals surface area contributed by atoms with E-state index in [1.54, 1.807) is 59.5 Å². The lowest BCUT2D eigenvalue weighted by Crippen LogP contribution is -2.39. The molecule has 3 rings (SSSR count). The molecular weight excluding hydrogens is 334 g/mol. The molecule has 0 radical (unpaired) electrons. The van der Waals surface area contributed by atoms with E-state index in [1.165, 1.54) is 6.26 Å². The first-order valence-corrected chi connectivity index (χ1v) is 7.80. The second-order valence-corrected chi connectivity index (χ2v) is 5.34. The first kappa shape index (κ1) is 17.0. The highest BCUT2D eigenvalue weighted by Crippen LogP contribution is 2.17. The highest BCUT2D eigenvalue weighted by atomic mass is 16.3. The molecule has 0 spiro atoms. The van der Waals surface area contributed by atoms with Crippen molar-refractivity contribution < 1.29 is 14.0 Å². The third kappa shape index (κ3) is 3.79. The number of carbonyl (C=O) groups is 2. The Bertz CT molecular complexity index is 892. The van der Waals surface area contributed by atoms with Crippen LogP contribution in [0.5, 0.6) is 0 Å². The van der Waals surface area contributed by atoms with Crippen LogP contribution in [0.25, 0.3) is 0 Å². The molecular formula is C18H15N5O3. The number of anilines is 1. The first-order chi connectivity index (χ1) is 12.7. The number of para-hydroxylation sites is 1. The highest BCUT2D eigenvalue weighted by molar-refractivity contribution is 6.39. The Balaban J connectivity index is 1.65. The maximum atomic E-state index is 12.1. The van der Waals surface area contributed by atoms with Gasteiger partial charge in [0, 0.05) is 18.9 Å². The number of rotatable bonds is 5. The van der Waals surface area contributed by atoms with Crippen LogP contribution in [0.4, 0.5) is 5.69 Å². The van der Waals surface area contributed by atoms with E-state index in [1.807, 2.05) is 6.07 Å². The number of aromatic nitrogens is 2. The molecule has 130 valence electrons. The Morgan fingerprint density at radius 1 is 1.19 bits per heavy atom. The number of hydrogen-bond donors (Lipinski definition) is 2. The van der Waals surface area contributed by atoms with Crippen LogP contribution >= 0.6 is 0 Å². The molecule has 0 aliphatic carbocycles. The minimum Gasteiger partial charge on any atom is -0.467 e. The summed E-state index contributed by atoms with van der Waals surface area (Å²) < 4.78 is 7.02. The zero-order chi connectivity index (χ0) is 18.4. The van der Waals surface area contributed by atoms with Crippen LogP contribution in [0, 0.1) is 11.3 Å². The van der Waals surface area contributed by atoms with Gasteiger partial charge < -0.3 is 15.1 Å². The zero-order valence-electron chi connectivity index (χ0n) is 13.6. The molecule has 0 aliphatic rings. The van der Waals surface area contributed by atoms with Crippen molar-refractivity contribution in [1.82, 2.24) is 15.1 Å². The summed E-state index contributed by atoms with van der Waals surface area (Å²) in [5, 5.41) is 18.2. The molecule has 2 N–H and O–H groups in total. The molecule has 8 nitrogen and oxygen atoms in total. The molecule has 1 aromatic carbocycles. The van der Waals surface area contributed by atoms with Crippen molar-refractivity contribution in [2.45, 2.75) is 6.04 Å². The second kappa shape index (κ2) is 7.81. The van der Waals surface area contributed by atoms with Crippen LogP contribution in [-0.2, 0) is 9.59 Å². The van der Waals surface area contributed by atoms with E-state index in [0.29, 0.717) is 5.76 Å². The van der Waals surface area contributed by atoms with E-state index in [-0.39, 0.29) is 23.8 Å². The van der Waals surface area contributed by atoms with E-state index in [4.69, 9.17) is 9.68 Å². The predicted molar refractivity (Wildman–Crippen MR) is 91.9 cm³/mol. The molecule has 2 heterocycles. The Morgan fingerprint density at radius 2 is 2.04 bits per heavy atom. The highest BCUT2D eigenvalue weighted by Gasteiger charge is 2.21. The number of nitrogens with zero attached hydrogens (tertiary/aromatic N) is 3. The van der Waals surface area contributed by atoms with Gasteiger partial charge in [-0.15, -0.1) is 0 Å². The van der Waals surface area contributed by atoms with Gasteiger partial charge in [0.2, 0.25) is 0 Å². The molecule has 0 saturated heterocycles. The van der Waals surface area contributed by atoms with E-state index in [0.717, 1.165) is 0 Å². The number of benzene rings is 1. The van der Waals surface area contributed by atoms with E-state index in [2.05, 4.69) is 15.7 Å². The monoisotopic (exact) mass is 349 g/mol. The Labute approximate surface area is 149 Å².